The van der Waals surface area contributed by atoms with Crippen LogP contribution in [-0.4, -0.2) is 89.9 Å². The minimum absolute atomic E-state index is 0.00882. The molecule has 0 bridgehead atoms. The van der Waals surface area contributed by atoms with Gasteiger partial charge in [-0.05, 0) is 64.8 Å². The fourth-order valence-electron chi connectivity index (χ4n) is 7.77. The minimum Gasteiger partial charge on any atom is -0.475 e. The van der Waals surface area contributed by atoms with Gasteiger partial charge in [-0.2, -0.15) is 18.7 Å². The van der Waals surface area contributed by atoms with E-state index in [2.05, 4.69) is 40.9 Å². The van der Waals surface area contributed by atoms with Crippen LogP contribution in [0.25, 0.3) is 0 Å². The van der Waals surface area contributed by atoms with Crippen LogP contribution in [0.15, 0.2) is 42.9 Å². The van der Waals surface area contributed by atoms with E-state index in [4.69, 9.17) is 9.47 Å². The molecule has 4 aliphatic heterocycles. The van der Waals surface area contributed by atoms with E-state index in [-0.39, 0.29) is 29.5 Å². The molecule has 334 valence electrons. The average molecular weight is 857 g/mol. The monoisotopic (exact) mass is 856 g/mol. The van der Waals surface area contributed by atoms with E-state index in [0.717, 1.165) is 61.1 Å². The number of carbonyl (C=O) groups is 2. The molecule has 0 unspecified atom stereocenters. The summed E-state index contributed by atoms with van der Waals surface area (Å²) in [4.78, 5) is 59.4. The van der Waals surface area contributed by atoms with E-state index in [1.807, 2.05) is 77.5 Å². The molecule has 16 heteroatoms. The number of nitrogens with zero attached hydrogens (tertiary/aromatic N) is 10. The zero-order chi connectivity index (χ0) is 44.7. The normalized spacial score (nSPS) is 16.7. The van der Waals surface area contributed by atoms with Crippen molar-refractivity contribution in [1.82, 2.24) is 39.7 Å². The molecule has 5 aliphatic rings. The van der Waals surface area contributed by atoms with Gasteiger partial charge >= 0.3 is 0 Å². The Balaban J connectivity index is 0.000000193. The Labute approximate surface area is 364 Å². The van der Waals surface area contributed by atoms with Crippen molar-refractivity contribution in [2.75, 3.05) is 36.0 Å². The van der Waals surface area contributed by atoms with Crippen molar-refractivity contribution in [3.05, 3.63) is 82.7 Å². The second-order valence-corrected chi connectivity index (χ2v) is 16.4. The van der Waals surface area contributed by atoms with E-state index in [1.54, 1.807) is 17.2 Å². The van der Waals surface area contributed by atoms with Gasteiger partial charge < -0.3 is 29.1 Å². The first kappa shape index (κ1) is 46.0. The highest BCUT2D eigenvalue weighted by molar-refractivity contribution is 5.78. The molecule has 62 heavy (non-hydrogen) atoms. The maximum absolute atomic E-state index is 13.5. The van der Waals surface area contributed by atoms with E-state index < -0.39 is 5.92 Å². The van der Waals surface area contributed by atoms with Crippen LogP contribution < -0.4 is 19.3 Å². The Morgan fingerprint density at radius 3 is 1.79 bits per heavy atom. The van der Waals surface area contributed by atoms with Crippen molar-refractivity contribution < 1.29 is 27.8 Å². The largest absolute Gasteiger partial charge is 0.475 e. The Hall–Kier alpha value is -5.54. The van der Waals surface area contributed by atoms with Crippen LogP contribution in [0, 0.1) is 25.7 Å². The lowest BCUT2D eigenvalue weighted by molar-refractivity contribution is -0.133. The molecule has 1 saturated carbocycles. The van der Waals surface area contributed by atoms with Gasteiger partial charge in [0, 0.05) is 75.9 Å². The molecule has 0 spiro atoms. The fraction of sp³-hybridized carbons (Fsp3) is 0.565. The summed E-state index contributed by atoms with van der Waals surface area (Å²) in [5.41, 5.74) is 5.26. The van der Waals surface area contributed by atoms with Crippen LogP contribution in [0.1, 0.15) is 114 Å². The van der Waals surface area contributed by atoms with Crippen molar-refractivity contribution in [3.8, 4) is 11.8 Å². The van der Waals surface area contributed by atoms with Crippen LogP contribution in [0.3, 0.4) is 0 Å². The summed E-state index contributed by atoms with van der Waals surface area (Å²) in [5, 5.41) is 0. The standard InChI is InChI=1S/C22H27F2N5O2.C20H23N5O2.2C2H6/c1-13(2)31-21-17-11-29(12-18(17)26-14(3)27-21)20(30)7-15-9-28(10-15)16-5-6-25-19(8-16)22(4,23)24;1-13-22-18-12-25(11-17(18)20(23-13)27-16-4-5-16)19(26)7-14-9-24(10-14)15-3-2-6-21-8-15;2*1-2/h5-6,8,13,15H,7,9-12H2,1-4H3;2-3,6,8,14,16H,4-5,7,9-12H2,1H3;2*1-2H3. The SMILES string of the molecule is CC.CC.Cc1nc2c(c(OC(C)C)n1)CN(C(=O)CC1CN(c3ccnc(C(C)(F)F)c3)C1)C2.Cc1nc2c(c(OC3CC3)n1)CN(C(=O)CC1CN(c3cccnc3)C1)C2. The molecule has 0 N–H and O–H groups in total. The number of aryl methyl sites for hydroxylation is 2. The quantitative estimate of drug-likeness (QED) is 0.147. The number of hydrogen-bond donors (Lipinski definition) is 0. The Morgan fingerprint density at radius 2 is 1.29 bits per heavy atom. The van der Waals surface area contributed by atoms with Gasteiger partial charge in [-0.3, -0.25) is 19.6 Å². The summed E-state index contributed by atoms with van der Waals surface area (Å²) < 4.78 is 38.8. The predicted octanol–water partition coefficient (Wildman–Crippen LogP) is 7.59. The van der Waals surface area contributed by atoms with Gasteiger partial charge in [0.15, 0.2) is 0 Å². The van der Waals surface area contributed by atoms with Gasteiger partial charge in [0.1, 0.15) is 23.4 Å². The summed E-state index contributed by atoms with van der Waals surface area (Å²) in [5.74, 6) is 0.458. The molecule has 2 saturated heterocycles. The van der Waals surface area contributed by atoms with Crippen molar-refractivity contribution >= 4 is 23.2 Å². The number of carbonyl (C=O) groups excluding carboxylic acids is 2. The third kappa shape index (κ3) is 11.3. The number of hydrogen-bond acceptors (Lipinski definition) is 12. The number of amides is 2. The van der Waals surface area contributed by atoms with Crippen LogP contribution in [-0.2, 0) is 41.7 Å². The molecule has 4 aromatic heterocycles. The number of halogens is 2. The molecule has 9 rings (SSSR count). The topological polar surface area (TPSA) is 143 Å². The first-order valence-corrected chi connectivity index (χ1v) is 22.1. The van der Waals surface area contributed by atoms with Gasteiger partial charge in [0.2, 0.25) is 23.6 Å². The average Bonchev–Trinajstić information content (AvgIpc) is 3.75. The Bertz CT molecular complexity index is 2160. The molecular weight excluding hydrogens is 795 g/mol. The fourth-order valence-corrected chi connectivity index (χ4v) is 7.77. The highest BCUT2D eigenvalue weighted by Gasteiger charge is 2.37. The van der Waals surface area contributed by atoms with E-state index >= 15 is 0 Å². The van der Waals surface area contributed by atoms with E-state index in [9.17, 15) is 18.4 Å². The number of aromatic nitrogens is 6. The molecule has 14 nitrogen and oxygen atoms in total. The number of pyridine rings is 2. The lowest BCUT2D eigenvalue weighted by Crippen LogP contribution is -2.48. The van der Waals surface area contributed by atoms with Crippen molar-refractivity contribution in [3.63, 3.8) is 0 Å². The van der Waals surface area contributed by atoms with Gasteiger partial charge in [-0.25, -0.2) is 9.97 Å². The molecule has 0 aromatic carbocycles. The molecule has 8 heterocycles. The van der Waals surface area contributed by atoms with Gasteiger partial charge in [-0.15, -0.1) is 0 Å². The van der Waals surface area contributed by atoms with Crippen LogP contribution in [0.4, 0.5) is 20.2 Å². The van der Waals surface area contributed by atoms with Crippen LogP contribution in [0.2, 0.25) is 0 Å². The second-order valence-electron chi connectivity index (χ2n) is 16.4. The number of fused-ring (bicyclic) bond motifs is 2. The maximum atomic E-state index is 13.5. The molecule has 2 amide bonds. The van der Waals surface area contributed by atoms with Gasteiger partial charge in [-0.1, -0.05) is 27.7 Å². The number of ether oxygens (including phenoxy) is 2. The second kappa shape index (κ2) is 20.1. The first-order chi connectivity index (χ1) is 29.7. The van der Waals surface area contributed by atoms with Crippen LogP contribution in [0.5, 0.6) is 11.8 Å². The maximum Gasteiger partial charge on any atom is 0.287 e. The van der Waals surface area contributed by atoms with E-state index in [1.165, 1.54) is 12.3 Å². The summed E-state index contributed by atoms with van der Waals surface area (Å²) in [6.45, 7) is 21.6. The third-order valence-electron chi connectivity index (χ3n) is 11.0. The molecule has 4 aromatic rings. The Morgan fingerprint density at radius 1 is 0.758 bits per heavy atom. The lowest BCUT2D eigenvalue weighted by atomic mass is 9.94. The highest BCUT2D eigenvalue weighted by atomic mass is 19.3. The summed E-state index contributed by atoms with van der Waals surface area (Å²) in [7, 11) is 0. The molecule has 0 radical (unpaired) electrons. The van der Waals surface area contributed by atoms with Crippen molar-refractivity contribution in [2.45, 2.75) is 132 Å². The predicted molar refractivity (Wildman–Crippen MR) is 233 cm³/mol. The van der Waals surface area contributed by atoms with Crippen molar-refractivity contribution in [1.29, 1.82) is 0 Å². The minimum atomic E-state index is -2.97. The summed E-state index contributed by atoms with van der Waals surface area (Å²) in [6.07, 6.45) is 8.52. The molecular formula is C46H62F2N10O4. The van der Waals surface area contributed by atoms with Crippen molar-refractivity contribution in [2.24, 2.45) is 11.8 Å². The van der Waals surface area contributed by atoms with E-state index in [0.29, 0.717) is 93.2 Å². The lowest BCUT2D eigenvalue weighted by Gasteiger charge is -2.41. The third-order valence-corrected chi connectivity index (χ3v) is 11.0. The van der Waals surface area contributed by atoms with Crippen LogP contribution >= 0.6 is 0 Å². The Kier molecular flexibility index (Phi) is 14.9. The number of rotatable bonds is 11. The summed E-state index contributed by atoms with van der Waals surface area (Å²) >= 11 is 0. The van der Waals surface area contributed by atoms with Gasteiger partial charge in [0.05, 0.1) is 66.7 Å². The first-order valence-electron chi connectivity index (χ1n) is 22.1. The highest BCUT2D eigenvalue weighted by Crippen LogP contribution is 2.36. The zero-order valence-electron chi connectivity index (χ0n) is 37.7. The molecule has 1 aliphatic carbocycles. The molecule has 0 atom stereocenters. The number of alkyl halides is 2. The zero-order valence-corrected chi connectivity index (χ0v) is 37.7. The van der Waals surface area contributed by atoms with Gasteiger partial charge in [0.25, 0.3) is 5.92 Å². The molecule has 3 fully saturated rings. The number of anilines is 2. The smallest absolute Gasteiger partial charge is 0.287 e. The summed E-state index contributed by atoms with van der Waals surface area (Å²) in [6, 6.07) is 7.15.